The van der Waals surface area contributed by atoms with Gasteiger partial charge < -0.3 is 15.8 Å². The van der Waals surface area contributed by atoms with Crippen molar-refractivity contribution in [3.8, 4) is 0 Å². The number of carbonyl (C=O) groups is 1. The maximum absolute atomic E-state index is 11.9. The van der Waals surface area contributed by atoms with Crippen LogP contribution in [-0.2, 0) is 4.74 Å². The third-order valence-electron chi connectivity index (χ3n) is 2.73. The molecular weight excluding hydrogens is 335 g/mol. The minimum Gasteiger partial charge on any atom is -0.465 e. The summed E-state index contributed by atoms with van der Waals surface area (Å²) < 4.78 is 4.73. The second-order valence-corrected chi connectivity index (χ2v) is 5.36. The normalized spacial score (nSPS) is 10.3. The molecule has 0 unspecified atom stereocenters. The smallest absolute Gasteiger partial charge is 0.340 e. The van der Waals surface area contributed by atoms with Crippen LogP contribution in [0.3, 0.4) is 0 Å². The fourth-order valence-electron chi connectivity index (χ4n) is 1.77. The summed E-state index contributed by atoms with van der Waals surface area (Å²) >= 11 is 18.3. The number of anilines is 3. The van der Waals surface area contributed by atoms with Crippen molar-refractivity contribution in [3.63, 3.8) is 0 Å². The lowest BCUT2D eigenvalue weighted by Crippen LogP contribution is -2.07. The molecule has 2 aromatic carbocycles. The average Bonchev–Trinajstić information content (AvgIpc) is 2.43. The Hall–Kier alpha value is -1.62. The molecule has 2 aromatic rings. The SMILES string of the molecule is COC(=O)c1cc(N)cc(Cl)c1Nc1c(Cl)cccc1Cl. The molecule has 0 aliphatic rings. The molecule has 0 saturated heterocycles. The van der Waals surface area contributed by atoms with Crippen LogP contribution in [0.25, 0.3) is 0 Å². The van der Waals surface area contributed by atoms with Crippen molar-refractivity contribution >= 4 is 57.8 Å². The molecule has 0 aromatic heterocycles. The largest absolute Gasteiger partial charge is 0.465 e. The van der Waals surface area contributed by atoms with Gasteiger partial charge in [0.2, 0.25) is 0 Å². The van der Waals surface area contributed by atoms with E-state index in [4.69, 9.17) is 45.3 Å². The lowest BCUT2D eigenvalue weighted by atomic mass is 10.1. The van der Waals surface area contributed by atoms with E-state index in [1.54, 1.807) is 18.2 Å². The Kier molecular flexibility index (Phi) is 4.83. The van der Waals surface area contributed by atoms with Crippen LogP contribution in [0.1, 0.15) is 10.4 Å². The van der Waals surface area contributed by atoms with E-state index in [-0.39, 0.29) is 10.6 Å². The van der Waals surface area contributed by atoms with Gasteiger partial charge in [0.1, 0.15) is 0 Å². The first kappa shape index (κ1) is 15.8. The predicted octanol–water partition coefficient (Wildman–Crippen LogP) is 4.76. The summed E-state index contributed by atoms with van der Waals surface area (Å²) in [5, 5.41) is 4.01. The van der Waals surface area contributed by atoms with Gasteiger partial charge in [-0.05, 0) is 24.3 Å². The number of esters is 1. The van der Waals surface area contributed by atoms with Crippen LogP contribution in [-0.4, -0.2) is 13.1 Å². The molecule has 0 aliphatic heterocycles. The summed E-state index contributed by atoms with van der Waals surface area (Å²) in [6, 6.07) is 8.02. The molecule has 0 heterocycles. The molecule has 0 radical (unpaired) electrons. The van der Waals surface area contributed by atoms with Crippen LogP contribution in [0.2, 0.25) is 15.1 Å². The number of ether oxygens (including phenoxy) is 1. The lowest BCUT2D eigenvalue weighted by molar-refractivity contribution is 0.0602. The Labute approximate surface area is 136 Å². The molecule has 7 heteroatoms. The van der Waals surface area contributed by atoms with Crippen molar-refractivity contribution < 1.29 is 9.53 Å². The van der Waals surface area contributed by atoms with Crippen LogP contribution in [0.5, 0.6) is 0 Å². The van der Waals surface area contributed by atoms with E-state index in [2.05, 4.69) is 5.32 Å². The Morgan fingerprint density at radius 1 is 1.10 bits per heavy atom. The van der Waals surface area contributed by atoms with Crippen LogP contribution >= 0.6 is 34.8 Å². The highest BCUT2D eigenvalue weighted by molar-refractivity contribution is 6.40. The van der Waals surface area contributed by atoms with Gasteiger partial charge in [0.25, 0.3) is 0 Å². The third-order valence-corrected chi connectivity index (χ3v) is 3.66. The quantitative estimate of drug-likeness (QED) is 0.622. The number of methoxy groups -OCH3 is 1. The highest BCUT2D eigenvalue weighted by Gasteiger charge is 2.18. The van der Waals surface area contributed by atoms with E-state index in [1.807, 2.05) is 0 Å². The lowest BCUT2D eigenvalue weighted by Gasteiger charge is -2.15. The minimum atomic E-state index is -0.574. The Balaban J connectivity index is 2.56. The standard InChI is InChI=1S/C14H11Cl3N2O2/c1-21-14(20)8-5-7(18)6-11(17)12(8)19-13-9(15)3-2-4-10(13)16/h2-6,19H,18H2,1H3. The average molecular weight is 346 g/mol. The second-order valence-electron chi connectivity index (χ2n) is 4.14. The molecule has 21 heavy (non-hydrogen) atoms. The maximum atomic E-state index is 11.9. The van der Waals surface area contributed by atoms with E-state index in [1.165, 1.54) is 19.2 Å². The Morgan fingerprint density at radius 2 is 1.71 bits per heavy atom. The van der Waals surface area contributed by atoms with E-state index in [9.17, 15) is 4.79 Å². The van der Waals surface area contributed by atoms with Gasteiger partial charge in [0.15, 0.2) is 0 Å². The molecule has 0 fully saturated rings. The zero-order valence-corrected chi connectivity index (χ0v) is 13.2. The number of nitrogens with one attached hydrogen (secondary N) is 1. The summed E-state index contributed by atoms with van der Waals surface area (Å²) in [5.74, 6) is -0.574. The van der Waals surface area contributed by atoms with Crippen molar-refractivity contribution in [2.45, 2.75) is 0 Å². The van der Waals surface area contributed by atoms with E-state index >= 15 is 0 Å². The van der Waals surface area contributed by atoms with Gasteiger partial charge in [0, 0.05) is 5.69 Å². The molecule has 4 nitrogen and oxygen atoms in total. The molecule has 0 spiro atoms. The molecule has 110 valence electrons. The number of para-hydroxylation sites is 1. The first-order chi connectivity index (χ1) is 9.93. The number of rotatable bonds is 3. The zero-order chi connectivity index (χ0) is 15.6. The first-order valence-corrected chi connectivity index (χ1v) is 6.95. The fraction of sp³-hybridized carbons (Fsp3) is 0.0714. The summed E-state index contributed by atoms with van der Waals surface area (Å²) in [7, 11) is 1.27. The van der Waals surface area contributed by atoms with E-state index < -0.39 is 5.97 Å². The van der Waals surface area contributed by atoms with Crippen LogP contribution < -0.4 is 11.1 Å². The van der Waals surface area contributed by atoms with Crippen LogP contribution in [0, 0.1) is 0 Å². The van der Waals surface area contributed by atoms with Gasteiger partial charge >= 0.3 is 5.97 Å². The topological polar surface area (TPSA) is 64.3 Å². The summed E-state index contributed by atoms with van der Waals surface area (Å²) in [5.41, 5.74) is 7.01. The number of hydrogen-bond donors (Lipinski definition) is 2. The van der Waals surface area contributed by atoms with Gasteiger partial charge in [-0.15, -0.1) is 0 Å². The Morgan fingerprint density at radius 3 is 2.29 bits per heavy atom. The highest BCUT2D eigenvalue weighted by atomic mass is 35.5. The van der Waals surface area contributed by atoms with Gasteiger partial charge in [-0.2, -0.15) is 0 Å². The van der Waals surface area contributed by atoms with Crippen molar-refractivity contribution in [3.05, 3.63) is 51.0 Å². The number of benzene rings is 2. The summed E-state index contributed by atoms with van der Waals surface area (Å²) in [6.45, 7) is 0. The van der Waals surface area contributed by atoms with Gasteiger partial charge in [-0.25, -0.2) is 4.79 Å². The number of carbonyl (C=O) groups excluding carboxylic acids is 1. The summed E-state index contributed by atoms with van der Waals surface area (Å²) in [4.78, 5) is 11.9. The predicted molar refractivity (Wildman–Crippen MR) is 86.9 cm³/mol. The van der Waals surface area contributed by atoms with Crippen LogP contribution in [0.15, 0.2) is 30.3 Å². The van der Waals surface area contributed by atoms with Gasteiger partial charge in [-0.3, -0.25) is 0 Å². The van der Waals surface area contributed by atoms with Gasteiger partial charge in [0.05, 0.1) is 39.1 Å². The maximum Gasteiger partial charge on any atom is 0.340 e. The monoisotopic (exact) mass is 344 g/mol. The first-order valence-electron chi connectivity index (χ1n) is 5.82. The summed E-state index contributed by atoms with van der Waals surface area (Å²) in [6.07, 6.45) is 0. The second kappa shape index (κ2) is 6.43. The minimum absolute atomic E-state index is 0.193. The molecule has 0 amide bonds. The zero-order valence-electron chi connectivity index (χ0n) is 10.9. The third kappa shape index (κ3) is 3.35. The molecule has 0 bridgehead atoms. The highest BCUT2D eigenvalue weighted by Crippen LogP contribution is 2.37. The molecule has 3 N–H and O–H groups in total. The molecule has 2 rings (SSSR count). The Bertz CT molecular complexity index is 685. The molecule has 0 atom stereocenters. The molecule has 0 aliphatic carbocycles. The molecule has 0 saturated carbocycles. The van der Waals surface area contributed by atoms with Crippen LogP contribution in [0.4, 0.5) is 17.1 Å². The van der Waals surface area contributed by atoms with E-state index in [0.717, 1.165) is 0 Å². The van der Waals surface area contributed by atoms with Crippen molar-refractivity contribution in [2.24, 2.45) is 0 Å². The van der Waals surface area contributed by atoms with E-state index in [0.29, 0.717) is 27.1 Å². The molecular formula is C14H11Cl3N2O2. The fourth-order valence-corrected chi connectivity index (χ4v) is 2.53. The number of hydrogen-bond acceptors (Lipinski definition) is 4. The van der Waals surface area contributed by atoms with Crippen molar-refractivity contribution in [1.29, 1.82) is 0 Å². The number of halogens is 3. The van der Waals surface area contributed by atoms with Crippen molar-refractivity contribution in [2.75, 3.05) is 18.2 Å². The number of nitrogens with two attached hydrogens (primary N) is 1. The van der Waals surface area contributed by atoms with Crippen molar-refractivity contribution in [1.82, 2.24) is 0 Å². The van der Waals surface area contributed by atoms with Gasteiger partial charge in [-0.1, -0.05) is 40.9 Å². The number of nitrogen functional groups attached to an aromatic ring is 1.